The topological polar surface area (TPSA) is 513 Å². The number of fused-ring (bicyclic) bond motifs is 5. The first kappa shape index (κ1) is 114. The number of unbranched alkanes of at least 4 members (excludes halogenated alkanes) is 2. The fourth-order valence-corrected chi connectivity index (χ4v) is 19.6. The molecule has 1 aliphatic carbocycles. The molecule has 3 aromatic heterocycles. The largest absolute Gasteiger partial charge is 0.508 e. The van der Waals surface area contributed by atoms with E-state index in [9.17, 15) is 84.8 Å². The molecule has 32 nitrogen and oxygen atoms in total. The smallest absolute Gasteiger partial charge is 0.354 e. The molecular weight excluding hydrogens is 1960 g/mol. The number of aromatic hydroxyl groups is 6. The molecule has 3 unspecified atom stereocenters. The van der Waals surface area contributed by atoms with Crippen molar-refractivity contribution < 1.29 is 90.7 Å². The normalized spacial score (nSPS) is 16.9. The maximum atomic E-state index is 13.6. The van der Waals surface area contributed by atoms with Crippen LogP contribution in [0.15, 0.2) is 234 Å². The Kier molecular flexibility index (Phi) is 39.4. The number of nitro benzene ring substituents is 1. The second-order valence-electron chi connectivity index (χ2n) is 39.6. The minimum atomic E-state index is -1.35. The van der Waals surface area contributed by atoms with E-state index in [0.29, 0.717) is 58.1 Å². The highest BCUT2D eigenvalue weighted by molar-refractivity contribution is 7.22. The number of ketones is 1. The number of halogens is 2. The van der Waals surface area contributed by atoms with Gasteiger partial charge in [0.2, 0.25) is 11.4 Å². The first-order valence-corrected chi connectivity index (χ1v) is 50.6. The quantitative estimate of drug-likeness (QED) is 0.00787. The Bertz CT molecular complexity index is 7030. The predicted octanol–water partition coefficient (Wildman–Crippen LogP) is 20.4. The van der Waals surface area contributed by atoms with Gasteiger partial charge in [0.05, 0.1) is 39.5 Å². The molecule has 0 radical (unpaired) electrons. The number of nitrogens with one attached hydrogen (secondary N) is 4. The number of primary amides is 1. The molecule has 3 amide bonds. The number of pyridine rings is 1. The number of phenols is 6. The highest BCUT2D eigenvalue weighted by Crippen LogP contribution is 2.54. The van der Waals surface area contributed by atoms with E-state index in [2.05, 4.69) is 94.7 Å². The number of aromatic amines is 1. The van der Waals surface area contributed by atoms with E-state index in [4.69, 9.17) is 55.4 Å². The number of aliphatic hydroxyl groups is 4. The number of ether oxygens (including phenoxy) is 3. The van der Waals surface area contributed by atoms with Crippen molar-refractivity contribution in [3.8, 4) is 56.4 Å². The van der Waals surface area contributed by atoms with Crippen molar-refractivity contribution in [2.24, 2.45) is 11.7 Å². The van der Waals surface area contributed by atoms with Crippen LogP contribution in [0.3, 0.4) is 0 Å². The van der Waals surface area contributed by atoms with E-state index in [-0.39, 0.29) is 112 Å². The van der Waals surface area contributed by atoms with Crippen molar-refractivity contribution >= 4 is 102 Å². The van der Waals surface area contributed by atoms with Crippen LogP contribution in [0.25, 0.3) is 31.4 Å². The number of nitro groups is 1. The number of carbonyl (C=O) groups is 4. The van der Waals surface area contributed by atoms with Crippen LogP contribution >= 0.6 is 34.5 Å². The summed E-state index contributed by atoms with van der Waals surface area (Å²) in [4.78, 5) is 97.3. The number of nitrogen functional groups attached to an aromatic ring is 1. The number of nitrogens with zero attached hydrogens (tertiary/aromatic N) is 5. The Labute approximate surface area is 880 Å². The molecule has 2 saturated heterocycles. The number of aliphatic hydroxyl groups excluding tert-OH is 4. The van der Waals surface area contributed by atoms with Gasteiger partial charge in [-0.25, -0.2) is 9.78 Å². The molecule has 0 saturated carbocycles. The maximum Gasteiger partial charge on any atom is 0.354 e. The van der Waals surface area contributed by atoms with Gasteiger partial charge in [-0.05, 0) is 270 Å². The molecule has 13 aromatic rings. The van der Waals surface area contributed by atoms with Crippen LogP contribution in [-0.4, -0.2) is 173 Å². The van der Waals surface area contributed by atoms with Gasteiger partial charge in [0.15, 0.2) is 12.0 Å². The molecule has 8 atom stereocenters. The number of hydrogen-bond donors (Lipinski definition) is 16. The van der Waals surface area contributed by atoms with E-state index >= 15 is 0 Å². The zero-order valence-corrected chi connectivity index (χ0v) is 87.8. The summed E-state index contributed by atoms with van der Waals surface area (Å²) in [5.74, 6) is 0.696. The number of phenolic OH excluding ortho intramolecular Hbond substituents is 5. The number of hydrogen-bond acceptors (Lipinski definition) is 27. The monoisotopic (exact) mass is 2100 g/mol. The van der Waals surface area contributed by atoms with Crippen molar-refractivity contribution in [2.45, 2.75) is 213 Å². The molecular formula is C114H133Cl2N11O21S. The Morgan fingerprint density at radius 3 is 2.05 bits per heavy atom. The summed E-state index contributed by atoms with van der Waals surface area (Å²) >= 11 is 13.1. The van der Waals surface area contributed by atoms with Crippen LogP contribution in [0.4, 0.5) is 23.0 Å². The SMILES string of the molecule is CC(C)(C)c1cc(C(C)(C)C)c(NC(=O)c2c[nH]c3ccccc3c2=O)cc1O.CC(CCc1ccccc1)NCC(O)c1ccc(O)c(C(N)=O)c1.CCCCCc1cc(O)c2c(c1)OC(C)(C)[C@@H]1CCC(C)=C[C@@H]21.Nc1ncn([C@@H]2O[C@H](CO)[C@H](O)C2O)c(=O)n1.O=C(Nc1ccc([N+](=O)[O-])cc1Cl)c1cc(Cl)ccc1O.O=C(c1ccc(OCCN2CCCCC2)cc1)c1c(-c2ccc(O)cc2)sc2cc(O)ccc12.[3H]C. The lowest BCUT2D eigenvalue weighted by Crippen LogP contribution is -2.45. The molecule has 2 fully saturated rings. The number of non-ortho nitro benzene ring substituents is 1. The molecule has 3 aliphatic heterocycles. The molecule has 35 heteroatoms. The summed E-state index contributed by atoms with van der Waals surface area (Å²) in [6.45, 7) is 26.8. The fourth-order valence-electron chi connectivity index (χ4n) is 17.9. The number of aryl methyl sites for hydroxylation is 2. The fraction of sp³-hybridized carbons (Fsp3) is 0.351. The minimum Gasteiger partial charge on any atom is -0.508 e. The van der Waals surface area contributed by atoms with Gasteiger partial charge in [-0.2, -0.15) is 4.98 Å². The Hall–Kier alpha value is -14.1. The van der Waals surface area contributed by atoms with Gasteiger partial charge < -0.3 is 97.7 Å². The number of likely N-dealkylation sites (tertiary alicyclic amines) is 1. The van der Waals surface area contributed by atoms with E-state index in [1.807, 2.05) is 102 Å². The lowest BCUT2D eigenvalue weighted by atomic mass is 9.68. The standard InChI is InChI=1S/C28H27NO4S.C24H28N2O3.C21H30O2.C19H24N2O3.C13H8Cl2N2O4.C8H12N4O5.CH4/c30-21-8-4-20(5-9-21)28-26(24-13-10-22(31)18-25(24)34-28)27(32)19-6-11-23(12-7-19)33-17-16-29-14-2-1-3-15-29;1-23(2,3)16-11-17(24(4,5)6)20(27)12-19(16)26-22(29)15-13-25-18-10-8-7-9-14(18)21(15)28;1-5-6-7-8-15-12-18(22)20-16-11-14(2)9-10-17(16)21(3,4)23-19(20)13-15;1-13(7-8-14-5-3-2-4-6-14)21-12-18(23)15-9-10-17(22)16(11-15)19(20)24;14-7-1-4-12(18)9(5-7)13(19)16-11-3-2-8(17(20)21)6-10(11)15;9-7-10-2-12(8(16)11-7)6-5(15)4(14)3(1-13)17-6;/h4-13,18,30-31H,1-3,14-17H2;7-13,27H,1-6H3,(H,25,28)(H,26,29);11-13,16-17,22H,5-10H2,1-4H3;2-6,9-11,13,18,21-23H,7-8,12H2,1H3,(H2,20,24);1-6,18H,(H,16,19);2-6,13-15H,1H2,(H2,9,11,16);1H4/t;;16-,17-;;;3-,4+,5?,6-;/m..1..1./s1/i;;;;;;1T. The highest BCUT2D eigenvalue weighted by atomic mass is 35.5. The summed E-state index contributed by atoms with van der Waals surface area (Å²) in [6, 6.07) is 56.5. The highest BCUT2D eigenvalue weighted by Gasteiger charge is 2.47. The van der Waals surface area contributed by atoms with Crippen molar-refractivity contribution in [1.29, 1.82) is 0 Å². The van der Waals surface area contributed by atoms with Gasteiger partial charge >= 0.3 is 5.69 Å². The number of aromatic nitrogens is 4. The minimum absolute atomic E-state index is 0.0130. The molecule has 149 heavy (non-hydrogen) atoms. The number of carbonyl (C=O) groups excluding carboxylic acids is 4. The third kappa shape index (κ3) is 30.2. The lowest BCUT2D eigenvalue weighted by Gasteiger charge is -2.46. The van der Waals surface area contributed by atoms with Crippen LogP contribution in [0.1, 0.15) is 241 Å². The maximum absolute atomic E-state index is 13.6. The summed E-state index contributed by atoms with van der Waals surface area (Å²) in [5, 5.41) is 119. The second-order valence-corrected chi connectivity index (χ2v) is 41.5. The second kappa shape index (κ2) is 51.7. The van der Waals surface area contributed by atoms with E-state index in [0.717, 1.165) is 117 Å². The first-order valence-electron chi connectivity index (χ1n) is 50.0. The van der Waals surface area contributed by atoms with Crippen molar-refractivity contribution in [1.82, 2.24) is 29.7 Å². The number of nitrogens with two attached hydrogens (primary N) is 2. The first-order chi connectivity index (χ1) is 71.3. The van der Waals surface area contributed by atoms with Crippen molar-refractivity contribution in [2.75, 3.05) is 55.8 Å². The molecule has 17 rings (SSSR count). The Balaban J connectivity index is 0.000000172. The van der Waals surface area contributed by atoms with Gasteiger partial charge in [-0.15, -0.1) is 11.3 Å². The Morgan fingerprint density at radius 1 is 0.725 bits per heavy atom. The lowest BCUT2D eigenvalue weighted by molar-refractivity contribution is -0.384. The van der Waals surface area contributed by atoms with E-state index < -0.39 is 65.6 Å². The third-order valence-electron chi connectivity index (χ3n) is 26.1. The number of anilines is 3. The number of thiophene rings is 1. The van der Waals surface area contributed by atoms with Gasteiger partial charge in [0.1, 0.15) is 88.4 Å². The van der Waals surface area contributed by atoms with Crippen LogP contribution in [0.5, 0.6) is 46.0 Å². The average molecular weight is 2100 g/mol. The molecule has 10 aromatic carbocycles. The molecule has 0 spiro atoms. The van der Waals surface area contributed by atoms with Crippen molar-refractivity contribution in [3.63, 3.8) is 0 Å². The van der Waals surface area contributed by atoms with E-state index in [1.165, 1.54) is 123 Å². The number of rotatable bonds is 26. The summed E-state index contributed by atoms with van der Waals surface area (Å²) in [6.07, 6.45) is 12.0. The number of allylic oxidation sites excluding steroid dienone is 2. The summed E-state index contributed by atoms with van der Waals surface area (Å²) < 4.78 is 24.9. The number of para-hydroxylation sites is 1. The third-order valence-corrected chi connectivity index (χ3v) is 27.8. The van der Waals surface area contributed by atoms with Gasteiger partial charge in [0, 0.05) is 110 Å². The van der Waals surface area contributed by atoms with Gasteiger partial charge in [-0.1, -0.05) is 159 Å². The number of piperidine rings is 1. The van der Waals surface area contributed by atoms with Gasteiger partial charge in [-0.3, -0.25) is 43.6 Å². The van der Waals surface area contributed by atoms with Gasteiger partial charge in [0.25, 0.3) is 23.4 Å². The zero-order valence-electron chi connectivity index (χ0n) is 86.4. The molecule has 4 aliphatic rings. The summed E-state index contributed by atoms with van der Waals surface area (Å²) in [5.41, 5.74) is 19.0. The number of amides is 3. The Morgan fingerprint density at radius 2 is 1.39 bits per heavy atom. The number of benzene rings is 10. The summed E-state index contributed by atoms with van der Waals surface area (Å²) in [7, 11) is 1.25. The van der Waals surface area contributed by atoms with Crippen LogP contribution in [0.2, 0.25) is 10.0 Å². The van der Waals surface area contributed by atoms with Crippen LogP contribution in [0, 0.1) is 16.0 Å². The average Bonchev–Trinajstić information content (AvgIpc) is 1.17. The van der Waals surface area contributed by atoms with Crippen LogP contribution in [-0.2, 0) is 28.4 Å². The molecule has 6 heterocycles. The number of H-pyrrole nitrogens is 1. The zero-order chi connectivity index (χ0) is 109. The molecule has 0 bridgehead atoms. The predicted molar refractivity (Wildman–Crippen MR) is 583 cm³/mol. The van der Waals surface area contributed by atoms with E-state index in [1.54, 1.807) is 72.8 Å². The molecule has 790 valence electrons. The van der Waals surface area contributed by atoms with Crippen molar-refractivity contribution in [3.05, 3.63) is 326 Å². The van der Waals surface area contributed by atoms with Crippen LogP contribution < -0.4 is 48.0 Å². The molecule has 18 N–H and O–H groups in total.